The summed E-state index contributed by atoms with van der Waals surface area (Å²) >= 11 is 0. The van der Waals surface area contributed by atoms with Gasteiger partial charge in [0, 0.05) is 32.3 Å². The first-order valence-electron chi connectivity index (χ1n) is 6.92. The lowest BCUT2D eigenvalue weighted by molar-refractivity contribution is 0.0266. The number of aliphatic hydroxyl groups excluding tert-OH is 1. The Morgan fingerprint density at radius 1 is 1.55 bits per heavy atom. The minimum atomic E-state index is -0.602. The fourth-order valence-corrected chi connectivity index (χ4v) is 2.45. The summed E-state index contributed by atoms with van der Waals surface area (Å²) in [4.78, 5) is 13.6. The maximum atomic E-state index is 12.0. The lowest BCUT2D eigenvalue weighted by atomic mass is 9.99. The molecule has 2 atom stereocenters. The van der Waals surface area contributed by atoms with E-state index >= 15 is 0 Å². The lowest BCUT2D eigenvalue weighted by Crippen LogP contribution is -2.35. The quantitative estimate of drug-likeness (QED) is 0.896. The average molecular weight is 281 g/mol. The number of aryl methyl sites for hydroxylation is 1. The van der Waals surface area contributed by atoms with Gasteiger partial charge in [-0.1, -0.05) is 0 Å². The zero-order valence-electron chi connectivity index (χ0n) is 12.5. The predicted octanol–water partition coefficient (Wildman–Crippen LogP) is 1.71. The fourth-order valence-electron chi connectivity index (χ4n) is 2.45. The molecule has 2 rings (SSSR count). The molecule has 2 heterocycles. The molecule has 1 aromatic heterocycles. The Morgan fingerprint density at radius 3 is 2.80 bits per heavy atom. The summed E-state index contributed by atoms with van der Waals surface area (Å²) in [6.45, 7) is 6.69. The average Bonchev–Trinajstić information content (AvgIpc) is 2.94. The Kier molecular flexibility index (Phi) is 4.04. The number of carbonyl (C=O) groups excluding carboxylic acids is 1. The van der Waals surface area contributed by atoms with Crippen LogP contribution in [0.15, 0.2) is 12.3 Å². The third-order valence-corrected chi connectivity index (χ3v) is 3.48. The predicted molar refractivity (Wildman–Crippen MR) is 74.1 cm³/mol. The number of hydrogen-bond acceptors (Lipinski definition) is 4. The van der Waals surface area contributed by atoms with E-state index in [0.29, 0.717) is 13.1 Å². The molecule has 2 unspecified atom stereocenters. The minimum Gasteiger partial charge on any atom is -0.444 e. The number of ether oxygens (including phenoxy) is 1. The molecule has 0 bridgehead atoms. The van der Waals surface area contributed by atoms with Crippen LogP contribution in [0.2, 0.25) is 0 Å². The van der Waals surface area contributed by atoms with Crippen LogP contribution in [0, 0.1) is 5.92 Å². The molecule has 1 aliphatic rings. The molecule has 0 radical (unpaired) electrons. The van der Waals surface area contributed by atoms with E-state index in [-0.39, 0.29) is 12.0 Å². The van der Waals surface area contributed by atoms with E-state index in [1.165, 1.54) is 0 Å². The van der Waals surface area contributed by atoms with Crippen LogP contribution in [0.4, 0.5) is 4.79 Å². The van der Waals surface area contributed by atoms with E-state index in [1.807, 2.05) is 20.8 Å². The summed E-state index contributed by atoms with van der Waals surface area (Å²) in [5, 5.41) is 14.4. The first-order valence-corrected chi connectivity index (χ1v) is 6.92. The van der Waals surface area contributed by atoms with Crippen molar-refractivity contribution in [3.8, 4) is 0 Å². The van der Waals surface area contributed by atoms with Crippen LogP contribution in [0.1, 0.15) is 39.0 Å². The molecule has 1 N–H and O–H groups in total. The van der Waals surface area contributed by atoms with Crippen LogP contribution in [0.5, 0.6) is 0 Å². The zero-order chi connectivity index (χ0) is 14.9. The molecule has 0 saturated carbocycles. The first kappa shape index (κ1) is 14.8. The van der Waals surface area contributed by atoms with Crippen molar-refractivity contribution in [2.75, 3.05) is 13.1 Å². The van der Waals surface area contributed by atoms with Gasteiger partial charge >= 0.3 is 6.09 Å². The Labute approximate surface area is 119 Å². The number of nitrogens with zero attached hydrogens (tertiary/aromatic N) is 3. The van der Waals surface area contributed by atoms with Crippen LogP contribution in [0.25, 0.3) is 0 Å². The maximum absolute atomic E-state index is 12.0. The highest BCUT2D eigenvalue weighted by Crippen LogP contribution is 2.30. The van der Waals surface area contributed by atoms with E-state index in [1.54, 1.807) is 28.9 Å². The number of hydrogen-bond donors (Lipinski definition) is 1. The summed E-state index contributed by atoms with van der Waals surface area (Å²) in [6.07, 6.45) is 1.53. The van der Waals surface area contributed by atoms with Crippen LogP contribution >= 0.6 is 0 Å². The van der Waals surface area contributed by atoms with Crippen molar-refractivity contribution in [1.29, 1.82) is 0 Å². The van der Waals surface area contributed by atoms with Gasteiger partial charge in [0.2, 0.25) is 0 Å². The number of aromatic nitrogens is 2. The molecule has 1 aromatic rings. The van der Waals surface area contributed by atoms with Gasteiger partial charge in [0.25, 0.3) is 0 Å². The van der Waals surface area contributed by atoms with Gasteiger partial charge in [-0.05, 0) is 33.3 Å². The van der Waals surface area contributed by atoms with Crippen molar-refractivity contribution in [2.45, 2.75) is 38.9 Å². The Hall–Kier alpha value is -1.56. The van der Waals surface area contributed by atoms with E-state index in [0.717, 1.165) is 12.1 Å². The van der Waals surface area contributed by atoms with Crippen LogP contribution in [0.3, 0.4) is 0 Å². The van der Waals surface area contributed by atoms with E-state index in [4.69, 9.17) is 4.74 Å². The topological polar surface area (TPSA) is 67.6 Å². The second-order valence-corrected chi connectivity index (χ2v) is 6.30. The van der Waals surface area contributed by atoms with Gasteiger partial charge in [0.05, 0.1) is 5.69 Å². The van der Waals surface area contributed by atoms with E-state index < -0.39 is 11.7 Å². The van der Waals surface area contributed by atoms with Gasteiger partial charge in [0.1, 0.15) is 11.7 Å². The fraction of sp³-hybridized carbons (Fsp3) is 0.714. The highest BCUT2D eigenvalue weighted by atomic mass is 16.6. The Bertz CT molecular complexity index is 478. The largest absolute Gasteiger partial charge is 0.444 e. The molecule has 0 aliphatic carbocycles. The van der Waals surface area contributed by atoms with Crippen LogP contribution in [-0.4, -0.2) is 44.6 Å². The highest BCUT2D eigenvalue weighted by molar-refractivity contribution is 5.68. The van der Waals surface area contributed by atoms with Crippen molar-refractivity contribution in [1.82, 2.24) is 14.7 Å². The van der Waals surface area contributed by atoms with E-state index in [2.05, 4.69) is 5.10 Å². The summed E-state index contributed by atoms with van der Waals surface area (Å²) in [5.74, 6) is 0.0259. The van der Waals surface area contributed by atoms with Crippen molar-refractivity contribution < 1.29 is 14.6 Å². The van der Waals surface area contributed by atoms with Crippen molar-refractivity contribution in [2.24, 2.45) is 13.0 Å². The zero-order valence-corrected chi connectivity index (χ0v) is 12.5. The van der Waals surface area contributed by atoms with Crippen LogP contribution in [-0.2, 0) is 11.8 Å². The third-order valence-electron chi connectivity index (χ3n) is 3.48. The van der Waals surface area contributed by atoms with Crippen molar-refractivity contribution in [3.05, 3.63) is 18.0 Å². The first-order chi connectivity index (χ1) is 9.28. The monoisotopic (exact) mass is 281 g/mol. The number of aliphatic hydroxyl groups is 1. The second kappa shape index (κ2) is 5.44. The SMILES string of the molecule is Cn1nccc1C(O)C1CCN(C(=O)OC(C)(C)C)C1. The van der Waals surface area contributed by atoms with Gasteiger partial charge in [-0.2, -0.15) is 5.10 Å². The molecule has 0 aromatic carbocycles. The minimum absolute atomic E-state index is 0.0259. The van der Waals surface area contributed by atoms with Gasteiger partial charge in [0.15, 0.2) is 0 Å². The molecular formula is C14H23N3O3. The van der Waals surface area contributed by atoms with Gasteiger partial charge in [-0.25, -0.2) is 4.79 Å². The Balaban J connectivity index is 1.95. The molecule has 1 fully saturated rings. The molecule has 1 saturated heterocycles. The number of amides is 1. The van der Waals surface area contributed by atoms with Gasteiger partial charge in [-0.15, -0.1) is 0 Å². The van der Waals surface area contributed by atoms with E-state index in [9.17, 15) is 9.90 Å². The molecular weight excluding hydrogens is 258 g/mol. The third kappa shape index (κ3) is 3.30. The molecule has 1 aliphatic heterocycles. The summed E-state index contributed by atoms with van der Waals surface area (Å²) in [7, 11) is 1.80. The lowest BCUT2D eigenvalue weighted by Gasteiger charge is -2.25. The van der Waals surface area contributed by atoms with Gasteiger partial charge < -0.3 is 14.7 Å². The maximum Gasteiger partial charge on any atom is 0.410 e. The summed E-state index contributed by atoms with van der Waals surface area (Å²) in [5.41, 5.74) is 0.288. The standard InChI is InChI=1S/C14H23N3O3/c1-14(2,3)20-13(19)17-8-6-10(9-17)12(18)11-5-7-15-16(11)4/h5,7,10,12,18H,6,8-9H2,1-4H3. The number of carbonyl (C=O) groups is 1. The summed E-state index contributed by atoms with van der Waals surface area (Å²) < 4.78 is 7.02. The number of likely N-dealkylation sites (tertiary alicyclic amines) is 1. The molecule has 112 valence electrons. The Morgan fingerprint density at radius 2 is 2.25 bits per heavy atom. The van der Waals surface area contributed by atoms with Crippen LogP contribution < -0.4 is 0 Å². The smallest absolute Gasteiger partial charge is 0.410 e. The van der Waals surface area contributed by atoms with Crippen molar-refractivity contribution in [3.63, 3.8) is 0 Å². The highest BCUT2D eigenvalue weighted by Gasteiger charge is 2.34. The van der Waals surface area contributed by atoms with Crippen molar-refractivity contribution >= 4 is 6.09 Å². The normalized spacial score (nSPS) is 21.1. The molecule has 0 spiro atoms. The molecule has 6 nitrogen and oxygen atoms in total. The van der Waals surface area contributed by atoms with Gasteiger partial charge in [-0.3, -0.25) is 4.68 Å². The second-order valence-electron chi connectivity index (χ2n) is 6.30. The molecule has 6 heteroatoms. The number of rotatable bonds is 2. The summed E-state index contributed by atoms with van der Waals surface area (Å²) in [6, 6.07) is 1.81. The molecule has 20 heavy (non-hydrogen) atoms. The molecule has 1 amide bonds.